The molecule has 0 heterocycles. The Balaban J connectivity index is 0.000000929. The van der Waals surface area contributed by atoms with Crippen molar-refractivity contribution in [2.45, 2.75) is 40.7 Å². The van der Waals surface area contributed by atoms with Crippen LogP contribution in [0.15, 0.2) is 30.3 Å². The van der Waals surface area contributed by atoms with Gasteiger partial charge in [-0.15, -0.1) is 0 Å². The molecule has 0 atom stereocenters. The summed E-state index contributed by atoms with van der Waals surface area (Å²) in [6.07, 6.45) is 0. The first-order chi connectivity index (χ1) is 13.6. The Bertz CT molecular complexity index is 645. The third kappa shape index (κ3) is 16.0. The molecule has 1 rings (SSSR count). The number of aryl methyl sites for hydroxylation is 1. The maximum absolute atomic E-state index is 11.4. The number of hydrogen-bond acceptors (Lipinski definition) is 5. The molecule has 29 heavy (non-hydrogen) atoms. The zero-order valence-electron chi connectivity index (χ0n) is 18.0. The van der Waals surface area contributed by atoms with Gasteiger partial charge in [-0.1, -0.05) is 63.6 Å². The summed E-state index contributed by atoms with van der Waals surface area (Å²) in [6.45, 7) is 9.03. The van der Waals surface area contributed by atoms with Crippen LogP contribution in [0.1, 0.15) is 33.3 Å². The average molecular weight is 407 g/mol. The van der Waals surface area contributed by atoms with Crippen molar-refractivity contribution in [2.75, 3.05) is 26.2 Å². The molecular weight excluding hydrogens is 372 g/mol. The van der Waals surface area contributed by atoms with E-state index in [2.05, 4.69) is 40.3 Å². The Morgan fingerprint density at radius 2 is 1.17 bits per heavy atom. The molecule has 0 fully saturated rings. The van der Waals surface area contributed by atoms with E-state index < -0.39 is 11.8 Å². The SMILES string of the molecule is CC(C)NCC(=O)NCC(=O)NCC(=O)NCC(=O)C(C)C.Cc1ccccc1. The van der Waals surface area contributed by atoms with Crippen molar-refractivity contribution < 1.29 is 19.2 Å². The van der Waals surface area contributed by atoms with Crippen molar-refractivity contribution in [1.82, 2.24) is 21.3 Å². The van der Waals surface area contributed by atoms with Crippen LogP contribution in [-0.2, 0) is 19.2 Å². The third-order valence-electron chi connectivity index (χ3n) is 3.61. The van der Waals surface area contributed by atoms with Crippen molar-refractivity contribution in [1.29, 1.82) is 0 Å². The molecule has 0 unspecified atom stereocenters. The van der Waals surface area contributed by atoms with Crippen molar-refractivity contribution in [3.63, 3.8) is 0 Å². The monoisotopic (exact) mass is 406 g/mol. The minimum atomic E-state index is -0.469. The van der Waals surface area contributed by atoms with Crippen LogP contribution in [0.2, 0.25) is 0 Å². The topological polar surface area (TPSA) is 116 Å². The van der Waals surface area contributed by atoms with Gasteiger partial charge in [0.2, 0.25) is 17.7 Å². The standard InChI is InChI=1S/C14H26N4O4.C7H8/c1-9(2)11(19)5-16-13(21)7-18-14(22)8-17-12(20)6-15-10(3)4;1-7-5-3-2-4-6-7/h9-10,15H,5-8H2,1-4H3,(H,16,21)(H,17,20)(H,18,22);2-6H,1H3. The van der Waals surface area contributed by atoms with Crippen LogP contribution < -0.4 is 21.3 Å². The molecule has 4 N–H and O–H groups in total. The largest absolute Gasteiger partial charge is 0.347 e. The van der Waals surface area contributed by atoms with E-state index in [1.807, 2.05) is 32.0 Å². The highest BCUT2D eigenvalue weighted by atomic mass is 16.2. The normalized spacial score (nSPS) is 10.0. The lowest BCUT2D eigenvalue weighted by molar-refractivity contribution is -0.128. The number of carbonyl (C=O) groups excluding carboxylic acids is 4. The predicted octanol–water partition coefficient (Wildman–Crippen LogP) is 0.553. The number of amides is 3. The lowest BCUT2D eigenvalue weighted by atomic mass is 10.1. The quantitative estimate of drug-likeness (QED) is 0.453. The maximum Gasteiger partial charge on any atom is 0.239 e. The molecule has 3 amide bonds. The lowest BCUT2D eigenvalue weighted by Gasteiger charge is -2.10. The average Bonchev–Trinajstić information content (AvgIpc) is 2.68. The molecule has 162 valence electrons. The molecule has 0 radical (unpaired) electrons. The van der Waals surface area contributed by atoms with Crippen LogP contribution in [0, 0.1) is 12.8 Å². The van der Waals surface area contributed by atoms with E-state index in [4.69, 9.17) is 0 Å². The van der Waals surface area contributed by atoms with Gasteiger partial charge in [-0.3, -0.25) is 19.2 Å². The lowest BCUT2D eigenvalue weighted by Crippen LogP contribution is -2.45. The second kappa shape index (κ2) is 15.2. The maximum atomic E-state index is 11.4. The fourth-order valence-electron chi connectivity index (χ4n) is 1.77. The number of nitrogens with one attached hydrogen (secondary N) is 4. The van der Waals surface area contributed by atoms with E-state index in [1.54, 1.807) is 13.8 Å². The number of Topliss-reactive ketones (excluding diaryl/α,β-unsaturated/α-hetero) is 1. The number of rotatable bonds is 10. The molecule has 1 aromatic carbocycles. The van der Waals surface area contributed by atoms with Crippen LogP contribution in [0.25, 0.3) is 0 Å². The summed E-state index contributed by atoms with van der Waals surface area (Å²) in [6, 6.07) is 10.4. The van der Waals surface area contributed by atoms with Crippen LogP contribution in [0.5, 0.6) is 0 Å². The van der Waals surface area contributed by atoms with Gasteiger partial charge in [0.05, 0.1) is 26.2 Å². The summed E-state index contributed by atoms with van der Waals surface area (Å²) in [4.78, 5) is 45.5. The Kier molecular flexibility index (Phi) is 13.8. The van der Waals surface area contributed by atoms with E-state index in [0.717, 1.165) is 0 Å². The zero-order chi connectivity index (χ0) is 22.2. The van der Waals surface area contributed by atoms with Crippen molar-refractivity contribution in [3.8, 4) is 0 Å². The van der Waals surface area contributed by atoms with Crippen molar-refractivity contribution in [2.24, 2.45) is 5.92 Å². The molecule has 8 nitrogen and oxygen atoms in total. The molecule has 0 bridgehead atoms. The minimum Gasteiger partial charge on any atom is -0.347 e. The Labute approximate surface area is 173 Å². The van der Waals surface area contributed by atoms with E-state index >= 15 is 0 Å². The van der Waals surface area contributed by atoms with Gasteiger partial charge in [-0.2, -0.15) is 0 Å². The Hall–Kier alpha value is -2.74. The van der Waals surface area contributed by atoms with E-state index in [-0.39, 0.29) is 49.8 Å². The summed E-state index contributed by atoms with van der Waals surface area (Å²) in [5.74, 6) is -1.44. The summed E-state index contributed by atoms with van der Waals surface area (Å²) in [5, 5.41) is 10.1. The molecule has 0 saturated carbocycles. The number of hydrogen-bond donors (Lipinski definition) is 4. The summed E-state index contributed by atoms with van der Waals surface area (Å²) in [5.41, 5.74) is 1.32. The number of benzene rings is 1. The van der Waals surface area contributed by atoms with Gasteiger partial charge in [0.1, 0.15) is 0 Å². The summed E-state index contributed by atoms with van der Waals surface area (Å²) >= 11 is 0. The van der Waals surface area contributed by atoms with Crippen LogP contribution >= 0.6 is 0 Å². The first-order valence-corrected chi connectivity index (χ1v) is 9.69. The fraction of sp³-hybridized carbons (Fsp3) is 0.524. The molecule has 8 heteroatoms. The highest BCUT2D eigenvalue weighted by Gasteiger charge is 2.10. The molecule has 0 aliphatic rings. The van der Waals surface area contributed by atoms with E-state index in [1.165, 1.54) is 5.56 Å². The second-order valence-corrected chi connectivity index (χ2v) is 7.14. The molecular formula is C21H34N4O4. The third-order valence-corrected chi connectivity index (χ3v) is 3.61. The van der Waals surface area contributed by atoms with Gasteiger partial charge in [0.15, 0.2) is 5.78 Å². The Morgan fingerprint density at radius 1 is 0.724 bits per heavy atom. The molecule has 0 spiro atoms. The van der Waals surface area contributed by atoms with Gasteiger partial charge in [0, 0.05) is 12.0 Å². The zero-order valence-corrected chi connectivity index (χ0v) is 18.0. The van der Waals surface area contributed by atoms with Gasteiger partial charge in [-0.25, -0.2) is 0 Å². The fourth-order valence-corrected chi connectivity index (χ4v) is 1.77. The number of ketones is 1. The van der Waals surface area contributed by atoms with Gasteiger partial charge >= 0.3 is 0 Å². The smallest absolute Gasteiger partial charge is 0.239 e. The predicted molar refractivity (Wildman–Crippen MR) is 113 cm³/mol. The highest BCUT2D eigenvalue weighted by molar-refractivity contribution is 5.90. The second-order valence-electron chi connectivity index (χ2n) is 7.14. The van der Waals surface area contributed by atoms with Gasteiger partial charge < -0.3 is 21.3 Å². The van der Waals surface area contributed by atoms with Crippen molar-refractivity contribution >= 4 is 23.5 Å². The van der Waals surface area contributed by atoms with Crippen LogP contribution in [0.3, 0.4) is 0 Å². The first-order valence-electron chi connectivity index (χ1n) is 9.69. The first kappa shape index (κ1) is 26.3. The molecule has 0 aliphatic heterocycles. The molecule has 0 aromatic heterocycles. The summed E-state index contributed by atoms with van der Waals surface area (Å²) < 4.78 is 0. The summed E-state index contributed by atoms with van der Waals surface area (Å²) in [7, 11) is 0. The van der Waals surface area contributed by atoms with Gasteiger partial charge in [0.25, 0.3) is 0 Å². The van der Waals surface area contributed by atoms with Crippen molar-refractivity contribution in [3.05, 3.63) is 35.9 Å². The molecule has 0 aliphatic carbocycles. The molecule has 1 aromatic rings. The van der Waals surface area contributed by atoms with Crippen LogP contribution in [0.4, 0.5) is 0 Å². The van der Waals surface area contributed by atoms with Gasteiger partial charge in [-0.05, 0) is 6.92 Å². The number of carbonyl (C=O) groups is 4. The Morgan fingerprint density at radius 3 is 1.55 bits per heavy atom. The minimum absolute atomic E-state index is 0.0516. The molecule has 0 saturated heterocycles. The van der Waals surface area contributed by atoms with Crippen LogP contribution in [-0.4, -0.2) is 55.7 Å². The van der Waals surface area contributed by atoms with E-state index in [9.17, 15) is 19.2 Å². The highest BCUT2D eigenvalue weighted by Crippen LogP contribution is 1.92. The van der Waals surface area contributed by atoms with E-state index in [0.29, 0.717) is 0 Å².